The maximum absolute atomic E-state index is 11.9. The number of pyridine rings is 2. The van der Waals surface area contributed by atoms with Crippen molar-refractivity contribution in [3.05, 3.63) is 65.3 Å². The van der Waals surface area contributed by atoms with Crippen molar-refractivity contribution >= 4 is 23.2 Å². The molecule has 3 rings (SSSR count). The molecule has 3 heterocycles. The van der Waals surface area contributed by atoms with Crippen LogP contribution in [-0.4, -0.2) is 20.3 Å². The van der Waals surface area contributed by atoms with Gasteiger partial charge in [0.15, 0.2) is 0 Å². The third-order valence-corrected chi connectivity index (χ3v) is 3.04. The first-order chi connectivity index (χ1) is 9.72. The molecule has 0 aliphatic carbocycles. The molecule has 0 aliphatic heterocycles. The van der Waals surface area contributed by atoms with E-state index < -0.39 is 0 Å². The molecule has 100 valence electrons. The molecule has 0 bridgehead atoms. The van der Waals surface area contributed by atoms with Crippen molar-refractivity contribution in [2.24, 2.45) is 0 Å². The highest BCUT2D eigenvalue weighted by molar-refractivity contribution is 6.30. The molecule has 0 fully saturated rings. The fraction of sp³-hybridized carbons (Fsp3) is 0.0714. The standard InChI is InChI=1S/C14H11ClN4O/c15-11-3-4-13-18-12(9-19(13)8-11)7-17-14(20)10-2-1-5-16-6-10/h1-6,8-9H,7H2,(H,17,20). The molecule has 0 atom stereocenters. The molecule has 1 N–H and O–H groups in total. The SMILES string of the molecule is O=C(NCc1cn2cc(Cl)ccc2n1)c1cccnc1. The molecule has 1 amide bonds. The number of carbonyl (C=O) groups is 1. The fourth-order valence-electron chi connectivity index (χ4n) is 1.87. The van der Waals surface area contributed by atoms with Crippen molar-refractivity contribution < 1.29 is 4.79 Å². The summed E-state index contributed by atoms with van der Waals surface area (Å²) in [6, 6.07) is 7.05. The minimum absolute atomic E-state index is 0.173. The molecule has 0 unspecified atom stereocenters. The lowest BCUT2D eigenvalue weighted by Crippen LogP contribution is -2.22. The Morgan fingerprint density at radius 1 is 1.30 bits per heavy atom. The van der Waals surface area contributed by atoms with Crippen LogP contribution in [0.3, 0.4) is 0 Å². The van der Waals surface area contributed by atoms with Gasteiger partial charge in [-0.3, -0.25) is 9.78 Å². The Balaban J connectivity index is 1.72. The van der Waals surface area contributed by atoms with Gasteiger partial charge in [0.1, 0.15) is 5.65 Å². The second kappa shape index (κ2) is 5.30. The average molecular weight is 287 g/mol. The van der Waals surface area contributed by atoms with Crippen LogP contribution in [0.1, 0.15) is 16.1 Å². The fourth-order valence-corrected chi connectivity index (χ4v) is 2.04. The molecular formula is C14H11ClN4O. The van der Waals surface area contributed by atoms with Crippen LogP contribution >= 0.6 is 11.6 Å². The summed E-state index contributed by atoms with van der Waals surface area (Å²) >= 11 is 5.91. The number of halogens is 1. The zero-order valence-electron chi connectivity index (χ0n) is 10.5. The van der Waals surface area contributed by atoms with E-state index in [1.165, 1.54) is 6.20 Å². The Labute approximate surface area is 120 Å². The normalized spacial score (nSPS) is 10.7. The van der Waals surface area contributed by atoms with Crippen LogP contribution in [0.15, 0.2) is 49.1 Å². The van der Waals surface area contributed by atoms with Crippen molar-refractivity contribution in [2.75, 3.05) is 0 Å². The summed E-state index contributed by atoms with van der Waals surface area (Å²) in [6.45, 7) is 0.354. The van der Waals surface area contributed by atoms with Gasteiger partial charge in [0, 0.05) is 24.8 Å². The van der Waals surface area contributed by atoms with Gasteiger partial charge < -0.3 is 9.72 Å². The summed E-state index contributed by atoms with van der Waals surface area (Å²) in [5.41, 5.74) is 2.09. The number of hydrogen-bond acceptors (Lipinski definition) is 3. The van der Waals surface area contributed by atoms with E-state index in [0.29, 0.717) is 17.1 Å². The highest BCUT2D eigenvalue weighted by atomic mass is 35.5. The third kappa shape index (κ3) is 2.62. The van der Waals surface area contributed by atoms with Crippen LogP contribution in [0.2, 0.25) is 5.02 Å². The molecule has 3 aromatic heterocycles. The Morgan fingerprint density at radius 3 is 3.00 bits per heavy atom. The van der Waals surface area contributed by atoms with Gasteiger partial charge in [-0.2, -0.15) is 0 Å². The lowest BCUT2D eigenvalue weighted by molar-refractivity contribution is 0.0950. The number of rotatable bonds is 3. The number of fused-ring (bicyclic) bond motifs is 1. The van der Waals surface area contributed by atoms with E-state index in [0.717, 1.165) is 11.3 Å². The molecule has 0 saturated heterocycles. The summed E-state index contributed by atoms with van der Waals surface area (Å²) in [4.78, 5) is 20.2. The number of amides is 1. The van der Waals surface area contributed by atoms with Gasteiger partial charge in [0.25, 0.3) is 5.91 Å². The molecule has 0 aliphatic rings. The van der Waals surface area contributed by atoms with E-state index in [4.69, 9.17) is 11.6 Å². The van der Waals surface area contributed by atoms with Crippen LogP contribution in [0.5, 0.6) is 0 Å². The monoisotopic (exact) mass is 286 g/mol. The quantitative estimate of drug-likeness (QED) is 0.804. The van der Waals surface area contributed by atoms with Gasteiger partial charge in [-0.25, -0.2) is 4.98 Å². The number of aromatic nitrogens is 3. The summed E-state index contributed by atoms with van der Waals surface area (Å²) < 4.78 is 1.83. The first-order valence-electron chi connectivity index (χ1n) is 6.04. The van der Waals surface area contributed by atoms with Crippen molar-refractivity contribution in [3.8, 4) is 0 Å². The molecular weight excluding hydrogens is 276 g/mol. The topological polar surface area (TPSA) is 59.3 Å². The zero-order valence-corrected chi connectivity index (χ0v) is 11.2. The predicted octanol–water partition coefficient (Wildman–Crippen LogP) is 2.31. The lowest BCUT2D eigenvalue weighted by atomic mass is 10.2. The van der Waals surface area contributed by atoms with Crippen LogP contribution in [0, 0.1) is 0 Å². The Bertz CT molecular complexity index is 754. The number of imidazole rings is 1. The van der Waals surface area contributed by atoms with E-state index in [-0.39, 0.29) is 5.91 Å². The number of nitrogens with one attached hydrogen (secondary N) is 1. The van der Waals surface area contributed by atoms with Crippen LogP contribution in [0.4, 0.5) is 0 Å². The van der Waals surface area contributed by atoms with Gasteiger partial charge in [0.2, 0.25) is 0 Å². The second-order valence-corrected chi connectivity index (χ2v) is 4.71. The molecule has 6 heteroatoms. The highest BCUT2D eigenvalue weighted by Crippen LogP contribution is 2.11. The van der Waals surface area contributed by atoms with E-state index in [2.05, 4.69) is 15.3 Å². The Hall–Kier alpha value is -2.40. The zero-order chi connectivity index (χ0) is 13.9. The first-order valence-corrected chi connectivity index (χ1v) is 6.41. The highest BCUT2D eigenvalue weighted by Gasteiger charge is 2.07. The minimum atomic E-state index is -0.173. The maximum atomic E-state index is 11.9. The second-order valence-electron chi connectivity index (χ2n) is 4.27. The largest absolute Gasteiger partial charge is 0.346 e. The average Bonchev–Trinajstić information content (AvgIpc) is 2.87. The van der Waals surface area contributed by atoms with Gasteiger partial charge in [-0.05, 0) is 24.3 Å². The predicted molar refractivity (Wildman–Crippen MR) is 75.6 cm³/mol. The molecule has 3 aromatic rings. The third-order valence-electron chi connectivity index (χ3n) is 2.82. The number of hydrogen-bond donors (Lipinski definition) is 1. The van der Waals surface area contributed by atoms with E-state index in [1.807, 2.05) is 16.7 Å². The van der Waals surface area contributed by atoms with Crippen LogP contribution < -0.4 is 5.32 Å². The van der Waals surface area contributed by atoms with Crippen LogP contribution in [0.25, 0.3) is 5.65 Å². The van der Waals surface area contributed by atoms with Crippen molar-refractivity contribution in [3.63, 3.8) is 0 Å². The van der Waals surface area contributed by atoms with Gasteiger partial charge in [-0.1, -0.05) is 11.6 Å². The van der Waals surface area contributed by atoms with Crippen molar-refractivity contribution in [1.82, 2.24) is 19.7 Å². The number of carbonyl (C=O) groups excluding carboxylic acids is 1. The molecule has 0 saturated carbocycles. The summed E-state index contributed by atoms with van der Waals surface area (Å²) in [6.07, 6.45) is 6.77. The molecule has 5 nitrogen and oxygen atoms in total. The van der Waals surface area contributed by atoms with E-state index in [1.54, 1.807) is 30.6 Å². The number of nitrogens with zero attached hydrogens (tertiary/aromatic N) is 3. The van der Waals surface area contributed by atoms with Gasteiger partial charge in [-0.15, -0.1) is 0 Å². The smallest absolute Gasteiger partial charge is 0.253 e. The Morgan fingerprint density at radius 2 is 2.20 bits per heavy atom. The maximum Gasteiger partial charge on any atom is 0.253 e. The van der Waals surface area contributed by atoms with Gasteiger partial charge >= 0.3 is 0 Å². The first kappa shape index (κ1) is 12.6. The molecule has 0 aromatic carbocycles. The summed E-state index contributed by atoms with van der Waals surface area (Å²) in [7, 11) is 0. The van der Waals surface area contributed by atoms with Crippen molar-refractivity contribution in [2.45, 2.75) is 6.54 Å². The lowest BCUT2D eigenvalue weighted by Gasteiger charge is -2.01. The van der Waals surface area contributed by atoms with E-state index >= 15 is 0 Å². The van der Waals surface area contributed by atoms with Crippen molar-refractivity contribution in [1.29, 1.82) is 0 Å². The van der Waals surface area contributed by atoms with Crippen LogP contribution in [-0.2, 0) is 6.54 Å². The summed E-state index contributed by atoms with van der Waals surface area (Å²) in [5, 5.41) is 3.44. The van der Waals surface area contributed by atoms with E-state index in [9.17, 15) is 4.79 Å². The minimum Gasteiger partial charge on any atom is -0.346 e. The summed E-state index contributed by atoms with van der Waals surface area (Å²) in [5.74, 6) is -0.173. The molecule has 0 radical (unpaired) electrons. The Kier molecular flexibility index (Phi) is 3.35. The molecule has 20 heavy (non-hydrogen) atoms. The van der Waals surface area contributed by atoms with Gasteiger partial charge in [0.05, 0.1) is 22.8 Å². The molecule has 0 spiro atoms.